The number of alkyl halides is 3. The molecule has 5 nitrogen and oxygen atoms in total. The lowest BCUT2D eigenvalue weighted by atomic mass is 10.1. The number of carbonyl (C=O) groups is 2. The van der Waals surface area contributed by atoms with Crippen LogP contribution in [0.1, 0.15) is 17.5 Å². The second-order valence-corrected chi connectivity index (χ2v) is 4.71. The first-order chi connectivity index (χ1) is 10.2. The Morgan fingerprint density at radius 1 is 1.32 bits per heavy atom. The van der Waals surface area contributed by atoms with Gasteiger partial charge in [-0.25, -0.2) is 4.79 Å². The molecule has 0 aliphatic carbocycles. The Bertz CT molecular complexity index is 531. The molecule has 0 saturated carbocycles. The molecule has 0 aromatic heterocycles. The number of rotatable bonds is 7. The van der Waals surface area contributed by atoms with Crippen LogP contribution in [0.2, 0.25) is 0 Å². The maximum atomic E-state index is 12.3. The maximum absolute atomic E-state index is 12.3. The van der Waals surface area contributed by atoms with Gasteiger partial charge >= 0.3 is 12.1 Å². The number of aliphatic carboxylic acids is 1. The van der Waals surface area contributed by atoms with Crippen LogP contribution >= 0.6 is 0 Å². The molecule has 0 spiro atoms. The Balaban J connectivity index is 2.67. The number of halogens is 3. The highest BCUT2D eigenvalue weighted by Gasteiger charge is 2.36. The standard InChI is InChI=1S/C14H16F3NO4/c1-22-8-10-4-2-3-9(5-10)6-12(19)18-11(13(20)21)7-14(15,16)17/h2-5,11H,6-8H2,1H3,(H,18,19)(H,20,21). The molecule has 1 unspecified atom stereocenters. The Morgan fingerprint density at radius 2 is 1.95 bits per heavy atom. The van der Waals surface area contributed by atoms with Crippen LogP contribution in [-0.4, -0.2) is 36.3 Å². The summed E-state index contributed by atoms with van der Waals surface area (Å²) in [5.74, 6) is -2.51. The summed E-state index contributed by atoms with van der Waals surface area (Å²) in [6.07, 6.45) is -6.49. The molecule has 0 saturated heterocycles. The van der Waals surface area contributed by atoms with Crippen LogP contribution in [0, 0.1) is 0 Å². The third-order valence-electron chi connectivity index (χ3n) is 2.74. The number of carboxylic acid groups (broad SMARTS) is 1. The predicted octanol–water partition coefficient (Wildman–Crippen LogP) is 1.90. The molecule has 2 N–H and O–H groups in total. The quantitative estimate of drug-likeness (QED) is 0.805. The minimum absolute atomic E-state index is 0.209. The fraction of sp³-hybridized carbons (Fsp3) is 0.429. The molecule has 0 radical (unpaired) electrons. The normalized spacial score (nSPS) is 12.7. The zero-order valence-electron chi connectivity index (χ0n) is 11.8. The lowest BCUT2D eigenvalue weighted by molar-refractivity contribution is -0.159. The van der Waals surface area contributed by atoms with Crippen LogP contribution in [0.5, 0.6) is 0 Å². The van der Waals surface area contributed by atoms with Crippen molar-refractivity contribution >= 4 is 11.9 Å². The van der Waals surface area contributed by atoms with Crippen LogP contribution in [0.3, 0.4) is 0 Å². The van der Waals surface area contributed by atoms with Crippen molar-refractivity contribution in [2.75, 3.05) is 7.11 Å². The van der Waals surface area contributed by atoms with E-state index >= 15 is 0 Å². The minimum atomic E-state index is -4.67. The van der Waals surface area contributed by atoms with Gasteiger partial charge < -0.3 is 15.2 Å². The molecular formula is C14H16F3NO4. The van der Waals surface area contributed by atoms with E-state index in [9.17, 15) is 22.8 Å². The monoisotopic (exact) mass is 319 g/mol. The van der Waals surface area contributed by atoms with E-state index < -0.39 is 30.5 Å². The van der Waals surface area contributed by atoms with Crippen molar-refractivity contribution in [1.29, 1.82) is 0 Å². The SMILES string of the molecule is COCc1cccc(CC(=O)NC(CC(F)(F)F)C(=O)O)c1. The average Bonchev–Trinajstić information content (AvgIpc) is 2.37. The van der Waals surface area contributed by atoms with Gasteiger partial charge in [-0.3, -0.25) is 4.79 Å². The third-order valence-corrected chi connectivity index (χ3v) is 2.74. The van der Waals surface area contributed by atoms with Crippen molar-refractivity contribution in [2.45, 2.75) is 31.7 Å². The zero-order valence-corrected chi connectivity index (χ0v) is 11.8. The van der Waals surface area contributed by atoms with Crippen LogP contribution in [0.15, 0.2) is 24.3 Å². The number of amides is 1. The highest BCUT2D eigenvalue weighted by Crippen LogP contribution is 2.21. The maximum Gasteiger partial charge on any atom is 0.391 e. The lowest BCUT2D eigenvalue weighted by Crippen LogP contribution is -2.44. The highest BCUT2D eigenvalue weighted by molar-refractivity contribution is 5.84. The topological polar surface area (TPSA) is 75.6 Å². The number of nitrogens with one attached hydrogen (secondary N) is 1. The summed E-state index contributed by atoms with van der Waals surface area (Å²) < 4.78 is 41.7. The summed E-state index contributed by atoms with van der Waals surface area (Å²) in [5, 5.41) is 10.6. The van der Waals surface area contributed by atoms with Gasteiger partial charge in [0.05, 0.1) is 19.4 Å². The fourth-order valence-corrected chi connectivity index (χ4v) is 1.86. The Hall–Kier alpha value is -2.09. The molecule has 8 heteroatoms. The predicted molar refractivity (Wildman–Crippen MR) is 71.1 cm³/mol. The van der Waals surface area contributed by atoms with Crippen molar-refractivity contribution in [2.24, 2.45) is 0 Å². The Kier molecular flexibility index (Phi) is 6.36. The van der Waals surface area contributed by atoms with E-state index in [1.54, 1.807) is 24.3 Å². The first kappa shape index (κ1) is 18.0. The number of carbonyl (C=O) groups excluding carboxylic acids is 1. The summed E-state index contributed by atoms with van der Waals surface area (Å²) in [6.45, 7) is 0.335. The molecule has 1 aromatic carbocycles. The molecule has 0 aliphatic rings. The van der Waals surface area contributed by atoms with E-state index in [1.807, 2.05) is 5.32 Å². The Labute approximate surface area is 125 Å². The smallest absolute Gasteiger partial charge is 0.391 e. The largest absolute Gasteiger partial charge is 0.480 e. The zero-order chi connectivity index (χ0) is 16.8. The van der Waals surface area contributed by atoms with E-state index in [2.05, 4.69) is 0 Å². The van der Waals surface area contributed by atoms with Crippen molar-refractivity contribution in [1.82, 2.24) is 5.32 Å². The molecule has 1 aromatic rings. The first-order valence-corrected chi connectivity index (χ1v) is 6.37. The van der Waals surface area contributed by atoms with Crippen LogP contribution in [0.25, 0.3) is 0 Å². The highest BCUT2D eigenvalue weighted by atomic mass is 19.4. The lowest BCUT2D eigenvalue weighted by Gasteiger charge is -2.16. The van der Waals surface area contributed by atoms with Gasteiger partial charge in [0.2, 0.25) is 5.91 Å². The van der Waals surface area contributed by atoms with Crippen molar-refractivity contribution in [3.63, 3.8) is 0 Å². The summed E-state index contributed by atoms with van der Waals surface area (Å²) in [7, 11) is 1.51. The van der Waals surface area contributed by atoms with Gasteiger partial charge in [0.1, 0.15) is 6.04 Å². The van der Waals surface area contributed by atoms with Crippen molar-refractivity contribution < 1.29 is 32.6 Å². The first-order valence-electron chi connectivity index (χ1n) is 6.37. The molecule has 0 heterocycles. The number of carboxylic acids is 1. The minimum Gasteiger partial charge on any atom is -0.480 e. The van der Waals surface area contributed by atoms with E-state index in [4.69, 9.17) is 9.84 Å². The molecular weight excluding hydrogens is 303 g/mol. The summed E-state index contributed by atoms with van der Waals surface area (Å²) in [5.41, 5.74) is 1.36. The number of methoxy groups -OCH3 is 1. The van der Waals surface area contributed by atoms with Gasteiger partial charge in [-0.15, -0.1) is 0 Å². The molecule has 1 amide bonds. The third kappa shape index (κ3) is 6.57. The van der Waals surface area contributed by atoms with Gasteiger partial charge in [-0.05, 0) is 11.1 Å². The van der Waals surface area contributed by atoms with Crippen molar-refractivity contribution in [3.8, 4) is 0 Å². The molecule has 0 aliphatic heterocycles. The average molecular weight is 319 g/mol. The molecule has 0 fully saturated rings. The van der Waals surface area contributed by atoms with E-state index in [0.717, 1.165) is 5.56 Å². The number of benzene rings is 1. The van der Waals surface area contributed by atoms with Gasteiger partial charge in [-0.1, -0.05) is 24.3 Å². The van der Waals surface area contributed by atoms with Gasteiger partial charge in [0, 0.05) is 7.11 Å². The van der Waals surface area contributed by atoms with E-state index in [0.29, 0.717) is 12.2 Å². The van der Waals surface area contributed by atoms with Gasteiger partial charge in [0.25, 0.3) is 0 Å². The molecule has 0 bridgehead atoms. The summed E-state index contributed by atoms with van der Waals surface area (Å²) >= 11 is 0. The van der Waals surface area contributed by atoms with E-state index in [1.165, 1.54) is 7.11 Å². The number of hydrogen-bond donors (Lipinski definition) is 2. The number of hydrogen-bond acceptors (Lipinski definition) is 3. The molecule has 22 heavy (non-hydrogen) atoms. The second kappa shape index (κ2) is 7.79. The van der Waals surface area contributed by atoms with E-state index in [-0.39, 0.29) is 6.42 Å². The van der Waals surface area contributed by atoms with Crippen LogP contribution in [-0.2, 0) is 27.4 Å². The van der Waals surface area contributed by atoms with Crippen LogP contribution in [0.4, 0.5) is 13.2 Å². The molecule has 1 atom stereocenters. The van der Waals surface area contributed by atoms with Gasteiger partial charge in [-0.2, -0.15) is 13.2 Å². The van der Waals surface area contributed by atoms with Crippen LogP contribution < -0.4 is 5.32 Å². The van der Waals surface area contributed by atoms with Crippen molar-refractivity contribution in [3.05, 3.63) is 35.4 Å². The summed E-state index contributed by atoms with van der Waals surface area (Å²) in [4.78, 5) is 22.5. The molecule has 1 rings (SSSR count). The fourth-order valence-electron chi connectivity index (χ4n) is 1.86. The Morgan fingerprint density at radius 3 is 2.50 bits per heavy atom. The molecule has 122 valence electrons. The van der Waals surface area contributed by atoms with Gasteiger partial charge in [0.15, 0.2) is 0 Å². The number of ether oxygens (including phenoxy) is 1. The summed E-state index contributed by atoms with van der Waals surface area (Å²) in [6, 6.07) is 4.76. The second-order valence-electron chi connectivity index (χ2n) is 4.71.